The van der Waals surface area contributed by atoms with Crippen LogP contribution in [-0.2, 0) is 6.54 Å². The molecule has 2 rings (SSSR count). The van der Waals surface area contributed by atoms with Gasteiger partial charge in [-0.15, -0.1) is 24.8 Å². The van der Waals surface area contributed by atoms with Gasteiger partial charge in [-0.05, 0) is 32.9 Å². The van der Waals surface area contributed by atoms with Crippen LogP contribution < -0.4 is 5.32 Å². The smallest absolute Gasteiger partial charge is 0.0638 e. The minimum atomic E-state index is 0. The fraction of sp³-hybridized carbons (Fsp3) is 0.812. The van der Waals surface area contributed by atoms with E-state index in [-0.39, 0.29) is 24.8 Å². The van der Waals surface area contributed by atoms with Crippen LogP contribution in [0.25, 0.3) is 0 Å². The standard InChI is InChI=1S/C16H30N4.2ClH/c1-4-19(5-2)11-10-17-12-15-13-20(18-14(15)3)16-8-6-7-9-16;;/h13,16-17H,4-12H2,1-3H3;2*1H. The molecular formula is C16H32Cl2N4. The van der Waals surface area contributed by atoms with E-state index >= 15 is 0 Å². The second-order valence-corrected chi connectivity index (χ2v) is 5.86. The Morgan fingerprint density at radius 3 is 2.45 bits per heavy atom. The van der Waals surface area contributed by atoms with Crippen molar-refractivity contribution in [2.45, 2.75) is 59.0 Å². The summed E-state index contributed by atoms with van der Waals surface area (Å²) in [5, 5.41) is 8.26. The maximum atomic E-state index is 4.71. The molecule has 130 valence electrons. The summed E-state index contributed by atoms with van der Waals surface area (Å²) in [4.78, 5) is 2.45. The van der Waals surface area contributed by atoms with Gasteiger partial charge in [-0.2, -0.15) is 5.10 Å². The molecule has 1 heterocycles. The number of hydrogen-bond acceptors (Lipinski definition) is 3. The van der Waals surface area contributed by atoms with Gasteiger partial charge in [0.15, 0.2) is 0 Å². The molecule has 1 aromatic rings. The van der Waals surface area contributed by atoms with E-state index in [4.69, 9.17) is 5.10 Å². The molecule has 0 aliphatic heterocycles. The van der Waals surface area contributed by atoms with E-state index in [0.717, 1.165) is 32.7 Å². The van der Waals surface area contributed by atoms with Crippen molar-refractivity contribution in [3.05, 3.63) is 17.5 Å². The Morgan fingerprint density at radius 2 is 1.86 bits per heavy atom. The molecule has 6 heteroatoms. The predicted octanol–water partition coefficient (Wildman–Crippen LogP) is 3.58. The van der Waals surface area contributed by atoms with Gasteiger partial charge in [0.2, 0.25) is 0 Å². The molecule has 0 bridgehead atoms. The Hall–Kier alpha value is -0.290. The fourth-order valence-corrected chi connectivity index (χ4v) is 3.05. The number of halogens is 2. The summed E-state index contributed by atoms with van der Waals surface area (Å²) < 4.78 is 2.21. The first kappa shape index (κ1) is 21.7. The zero-order valence-electron chi connectivity index (χ0n) is 14.2. The first-order valence-corrected chi connectivity index (χ1v) is 8.22. The van der Waals surface area contributed by atoms with Crippen molar-refractivity contribution in [3.8, 4) is 0 Å². The number of rotatable bonds is 8. The van der Waals surface area contributed by atoms with Crippen molar-refractivity contribution < 1.29 is 0 Å². The molecule has 0 saturated heterocycles. The normalized spacial score (nSPS) is 14.9. The molecule has 0 amide bonds. The minimum absolute atomic E-state index is 0. The molecule has 4 nitrogen and oxygen atoms in total. The lowest BCUT2D eigenvalue weighted by Crippen LogP contribution is -2.31. The van der Waals surface area contributed by atoms with E-state index in [1.165, 1.54) is 36.9 Å². The van der Waals surface area contributed by atoms with Gasteiger partial charge in [0.25, 0.3) is 0 Å². The van der Waals surface area contributed by atoms with E-state index in [0.29, 0.717) is 6.04 Å². The third kappa shape index (κ3) is 6.07. The first-order chi connectivity index (χ1) is 9.74. The topological polar surface area (TPSA) is 33.1 Å². The molecule has 1 saturated carbocycles. The molecule has 22 heavy (non-hydrogen) atoms. The van der Waals surface area contributed by atoms with Crippen LogP contribution in [0.15, 0.2) is 6.20 Å². The molecule has 0 radical (unpaired) electrons. The van der Waals surface area contributed by atoms with E-state index < -0.39 is 0 Å². The molecule has 1 aliphatic carbocycles. The summed E-state index contributed by atoms with van der Waals surface area (Å²) in [5.74, 6) is 0. The van der Waals surface area contributed by atoms with Crippen molar-refractivity contribution in [3.63, 3.8) is 0 Å². The quantitative estimate of drug-likeness (QED) is 0.727. The first-order valence-electron chi connectivity index (χ1n) is 8.22. The molecule has 0 aromatic carbocycles. The minimum Gasteiger partial charge on any atom is -0.311 e. The highest BCUT2D eigenvalue weighted by Gasteiger charge is 2.18. The van der Waals surface area contributed by atoms with Crippen molar-refractivity contribution >= 4 is 24.8 Å². The molecule has 0 spiro atoms. The number of nitrogens with one attached hydrogen (secondary N) is 1. The number of hydrogen-bond donors (Lipinski definition) is 1. The summed E-state index contributed by atoms with van der Waals surface area (Å²) in [6, 6.07) is 0.651. The lowest BCUT2D eigenvalue weighted by atomic mass is 10.2. The van der Waals surface area contributed by atoms with E-state index in [2.05, 4.69) is 41.9 Å². The van der Waals surface area contributed by atoms with E-state index in [1.54, 1.807) is 0 Å². The molecule has 0 atom stereocenters. The molecule has 1 N–H and O–H groups in total. The summed E-state index contributed by atoms with van der Waals surface area (Å²) in [6.45, 7) is 12.0. The average molecular weight is 351 g/mol. The van der Waals surface area contributed by atoms with Crippen LogP contribution in [0, 0.1) is 6.92 Å². The molecule has 1 aliphatic rings. The number of nitrogens with zero attached hydrogens (tertiary/aromatic N) is 3. The van der Waals surface area contributed by atoms with Gasteiger partial charge in [-0.3, -0.25) is 4.68 Å². The fourth-order valence-electron chi connectivity index (χ4n) is 3.05. The van der Waals surface area contributed by atoms with E-state index in [9.17, 15) is 0 Å². The van der Waals surface area contributed by atoms with Crippen molar-refractivity contribution in [1.82, 2.24) is 20.0 Å². The summed E-state index contributed by atoms with van der Waals surface area (Å²) in [7, 11) is 0. The van der Waals surface area contributed by atoms with Crippen LogP contribution >= 0.6 is 24.8 Å². The highest BCUT2D eigenvalue weighted by atomic mass is 35.5. The van der Waals surface area contributed by atoms with E-state index in [1.807, 2.05) is 0 Å². The van der Waals surface area contributed by atoms with Crippen LogP contribution in [-0.4, -0.2) is 40.9 Å². The third-order valence-electron chi connectivity index (χ3n) is 4.53. The lowest BCUT2D eigenvalue weighted by molar-refractivity contribution is 0.302. The summed E-state index contributed by atoms with van der Waals surface area (Å²) in [5.41, 5.74) is 2.55. The SMILES string of the molecule is CCN(CC)CCNCc1cn(C2CCCC2)nc1C.Cl.Cl. The maximum Gasteiger partial charge on any atom is 0.0638 e. The van der Waals surface area contributed by atoms with Crippen molar-refractivity contribution in [2.75, 3.05) is 26.2 Å². The maximum absolute atomic E-state index is 4.71. The van der Waals surface area contributed by atoms with Gasteiger partial charge < -0.3 is 10.2 Å². The second kappa shape index (κ2) is 11.3. The Bertz CT molecular complexity index is 399. The van der Waals surface area contributed by atoms with Gasteiger partial charge in [-0.1, -0.05) is 26.7 Å². The van der Waals surface area contributed by atoms with Crippen LogP contribution in [0.2, 0.25) is 0 Å². The van der Waals surface area contributed by atoms with Gasteiger partial charge in [0.1, 0.15) is 0 Å². The van der Waals surface area contributed by atoms with Crippen LogP contribution in [0.3, 0.4) is 0 Å². The Balaban J connectivity index is 0.00000220. The highest BCUT2D eigenvalue weighted by molar-refractivity contribution is 5.85. The Labute approximate surface area is 147 Å². The third-order valence-corrected chi connectivity index (χ3v) is 4.53. The number of aryl methyl sites for hydroxylation is 1. The van der Waals surface area contributed by atoms with Crippen LogP contribution in [0.4, 0.5) is 0 Å². The number of aromatic nitrogens is 2. The Kier molecular flexibility index (Phi) is 11.1. The van der Waals surface area contributed by atoms with Gasteiger partial charge in [0, 0.05) is 31.4 Å². The Morgan fingerprint density at radius 1 is 1.23 bits per heavy atom. The largest absolute Gasteiger partial charge is 0.311 e. The monoisotopic (exact) mass is 350 g/mol. The average Bonchev–Trinajstić information content (AvgIpc) is 3.09. The van der Waals surface area contributed by atoms with Crippen molar-refractivity contribution in [2.24, 2.45) is 0 Å². The highest BCUT2D eigenvalue weighted by Crippen LogP contribution is 2.29. The zero-order chi connectivity index (χ0) is 14.4. The van der Waals surface area contributed by atoms with Gasteiger partial charge in [-0.25, -0.2) is 0 Å². The predicted molar refractivity (Wildman–Crippen MR) is 98.5 cm³/mol. The van der Waals surface area contributed by atoms with Gasteiger partial charge in [0.05, 0.1) is 11.7 Å². The zero-order valence-corrected chi connectivity index (χ0v) is 15.8. The molecule has 0 unspecified atom stereocenters. The summed E-state index contributed by atoms with van der Waals surface area (Å²) in [6.07, 6.45) is 7.59. The molecule has 1 aromatic heterocycles. The lowest BCUT2D eigenvalue weighted by Gasteiger charge is -2.17. The molecular weight excluding hydrogens is 319 g/mol. The second-order valence-electron chi connectivity index (χ2n) is 5.86. The van der Waals surface area contributed by atoms with Gasteiger partial charge >= 0.3 is 0 Å². The molecule has 1 fully saturated rings. The van der Waals surface area contributed by atoms with Crippen molar-refractivity contribution in [1.29, 1.82) is 0 Å². The summed E-state index contributed by atoms with van der Waals surface area (Å²) >= 11 is 0. The van der Waals surface area contributed by atoms with Crippen LogP contribution in [0.1, 0.15) is 56.8 Å². The number of likely N-dealkylation sites (N-methyl/N-ethyl adjacent to an activating group) is 1. The van der Waals surface area contributed by atoms with Crippen LogP contribution in [0.5, 0.6) is 0 Å².